The van der Waals surface area contributed by atoms with Crippen LogP contribution in [0.5, 0.6) is 0 Å². The van der Waals surface area contributed by atoms with Crippen LogP contribution >= 0.6 is 22.9 Å². The first-order valence-electron chi connectivity index (χ1n) is 19.2. The summed E-state index contributed by atoms with van der Waals surface area (Å²) >= 11 is 8.08. The van der Waals surface area contributed by atoms with Crippen LogP contribution in [0, 0.1) is 23.6 Å². The minimum atomic E-state index is -0.964. The molecule has 0 radical (unpaired) electrons. The molecule has 57 heavy (non-hydrogen) atoms. The van der Waals surface area contributed by atoms with Crippen LogP contribution in [0.25, 0.3) is 43.2 Å². The fourth-order valence-electron chi connectivity index (χ4n) is 9.44. The number of anilines is 1. The number of carboxylic acid groups (broad SMARTS) is 1. The smallest absolute Gasteiger partial charge is 0.308 e. The molecule has 3 saturated carbocycles. The van der Waals surface area contributed by atoms with Crippen molar-refractivity contribution in [3.63, 3.8) is 0 Å². The average molecular weight is 791 g/mol. The molecule has 11 rings (SSSR count). The topological polar surface area (TPSA) is 106 Å². The Labute approximate surface area is 337 Å². The van der Waals surface area contributed by atoms with Crippen LogP contribution in [0.3, 0.4) is 0 Å². The van der Waals surface area contributed by atoms with Crippen molar-refractivity contribution in [2.75, 3.05) is 5.32 Å². The molecule has 4 aromatic heterocycles. The van der Waals surface area contributed by atoms with Gasteiger partial charge in [0.15, 0.2) is 23.1 Å². The highest BCUT2D eigenvalue weighted by molar-refractivity contribution is 7.22. The van der Waals surface area contributed by atoms with Gasteiger partial charge < -0.3 is 15.0 Å². The minimum Gasteiger partial charge on any atom is -0.481 e. The Morgan fingerprint density at radius 3 is 2.02 bits per heavy atom. The van der Waals surface area contributed by atoms with Gasteiger partial charge in [0.1, 0.15) is 21.9 Å². The Morgan fingerprint density at radius 2 is 1.40 bits per heavy atom. The molecule has 2 atom stereocenters. The van der Waals surface area contributed by atoms with E-state index >= 15 is 4.39 Å². The molecule has 0 aliphatic heterocycles. The van der Waals surface area contributed by atoms with Crippen molar-refractivity contribution in [2.45, 2.75) is 37.3 Å². The fourth-order valence-corrected chi connectivity index (χ4v) is 10.6. The summed E-state index contributed by atoms with van der Waals surface area (Å²) in [4.78, 5) is 33.1. The summed E-state index contributed by atoms with van der Waals surface area (Å²) in [7, 11) is 0. The Balaban J connectivity index is 1.25. The molecule has 4 heterocycles. The third kappa shape index (κ3) is 5.89. The van der Waals surface area contributed by atoms with Crippen molar-refractivity contribution < 1.29 is 14.3 Å². The van der Waals surface area contributed by atoms with Gasteiger partial charge >= 0.3 is 5.97 Å². The second-order valence-electron chi connectivity index (χ2n) is 15.0. The molecule has 0 amide bonds. The number of nitrogens with zero attached hydrogens (tertiary/aromatic N) is 5. The SMILES string of the molecule is O=C(O)C1C2CCC(CC2)C1Nc1nc(-c2cn(C(c3ccccc3)(c3ccccc3)c3ccccc3)c3ncc(Cl)nc23)nc(-c2cc3ccccc3s2)c1F. The molecule has 3 aliphatic carbocycles. The Kier molecular flexibility index (Phi) is 8.83. The average Bonchev–Trinajstić information content (AvgIpc) is 3.85. The molecule has 2 unspecified atom stereocenters. The van der Waals surface area contributed by atoms with E-state index in [0.717, 1.165) is 52.5 Å². The summed E-state index contributed by atoms with van der Waals surface area (Å²) in [6, 6.07) is 40.0. The summed E-state index contributed by atoms with van der Waals surface area (Å²) < 4.78 is 20.3. The normalized spacial score (nSPS) is 19.3. The van der Waals surface area contributed by atoms with Crippen LogP contribution < -0.4 is 5.32 Å². The van der Waals surface area contributed by atoms with E-state index in [1.807, 2.05) is 91.1 Å². The lowest BCUT2D eigenvalue weighted by molar-refractivity contribution is -0.148. The van der Waals surface area contributed by atoms with Crippen LogP contribution in [0.2, 0.25) is 5.15 Å². The van der Waals surface area contributed by atoms with Crippen molar-refractivity contribution in [1.82, 2.24) is 24.5 Å². The quantitative estimate of drug-likeness (QED) is 0.140. The number of carboxylic acids is 1. The molecule has 282 valence electrons. The van der Waals surface area contributed by atoms with E-state index in [9.17, 15) is 9.90 Å². The summed E-state index contributed by atoms with van der Waals surface area (Å²) in [6.07, 6.45) is 6.96. The monoisotopic (exact) mass is 790 g/mol. The van der Waals surface area contributed by atoms with Crippen molar-refractivity contribution in [2.24, 2.45) is 17.8 Å². The molecule has 0 spiro atoms. The molecular weight excluding hydrogens is 755 g/mol. The van der Waals surface area contributed by atoms with E-state index in [1.165, 1.54) is 17.5 Å². The lowest BCUT2D eigenvalue weighted by Gasteiger charge is -2.47. The Bertz CT molecular complexity index is 2640. The van der Waals surface area contributed by atoms with Gasteiger partial charge in [0.25, 0.3) is 0 Å². The van der Waals surface area contributed by atoms with Crippen molar-refractivity contribution in [3.05, 3.63) is 161 Å². The van der Waals surface area contributed by atoms with Gasteiger partial charge in [-0.25, -0.2) is 24.3 Å². The number of aliphatic carboxylic acids is 1. The highest BCUT2D eigenvalue weighted by atomic mass is 35.5. The molecule has 11 heteroatoms. The zero-order chi connectivity index (χ0) is 38.7. The van der Waals surface area contributed by atoms with E-state index in [4.69, 9.17) is 31.5 Å². The highest BCUT2D eigenvalue weighted by Gasteiger charge is 2.48. The molecule has 8 aromatic rings. The lowest BCUT2D eigenvalue weighted by Crippen LogP contribution is -2.51. The van der Waals surface area contributed by atoms with Gasteiger partial charge in [-0.15, -0.1) is 11.3 Å². The Morgan fingerprint density at radius 1 is 0.807 bits per heavy atom. The molecule has 3 fully saturated rings. The van der Waals surface area contributed by atoms with Crippen molar-refractivity contribution in [3.8, 4) is 22.0 Å². The van der Waals surface area contributed by atoms with Crippen LogP contribution in [-0.4, -0.2) is 41.6 Å². The molecular formula is C46H36ClFN6O2S. The maximum atomic E-state index is 17.2. The van der Waals surface area contributed by atoms with Gasteiger partial charge in [-0.05, 0) is 71.7 Å². The number of carbonyl (C=O) groups is 1. The molecule has 8 nitrogen and oxygen atoms in total. The number of hydrogen-bond acceptors (Lipinski definition) is 7. The number of rotatable bonds is 9. The second-order valence-corrected chi connectivity index (χ2v) is 16.5. The van der Waals surface area contributed by atoms with Gasteiger partial charge in [0, 0.05) is 16.9 Å². The van der Waals surface area contributed by atoms with E-state index in [1.54, 1.807) is 0 Å². The highest BCUT2D eigenvalue weighted by Crippen LogP contribution is 2.48. The summed E-state index contributed by atoms with van der Waals surface area (Å²) in [6.45, 7) is 0. The van der Waals surface area contributed by atoms with Gasteiger partial charge in [-0.3, -0.25) is 4.79 Å². The third-order valence-electron chi connectivity index (χ3n) is 12.0. The summed E-state index contributed by atoms with van der Waals surface area (Å²) in [5.74, 6) is -1.87. The second kappa shape index (κ2) is 14.2. The zero-order valence-corrected chi connectivity index (χ0v) is 32.2. The van der Waals surface area contributed by atoms with Crippen LogP contribution in [-0.2, 0) is 10.3 Å². The van der Waals surface area contributed by atoms with Gasteiger partial charge in [0.05, 0.1) is 22.6 Å². The van der Waals surface area contributed by atoms with E-state index < -0.39 is 29.3 Å². The largest absolute Gasteiger partial charge is 0.481 e. The molecule has 2 N–H and O–H groups in total. The van der Waals surface area contributed by atoms with Crippen molar-refractivity contribution >= 4 is 56.0 Å². The number of halogens is 2. The molecule has 2 bridgehead atoms. The number of aromatic nitrogens is 5. The number of fused-ring (bicyclic) bond motifs is 5. The van der Waals surface area contributed by atoms with E-state index in [0.29, 0.717) is 21.6 Å². The predicted molar refractivity (Wildman–Crippen MR) is 223 cm³/mol. The predicted octanol–water partition coefficient (Wildman–Crippen LogP) is 10.7. The maximum Gasteiger partial charge on any atom is 0.308 e. The van der Waals surface area contributed by atoms with Crippen molar-refractivity contribution in [1.29, 1.82) is 0 Å². The summed E-state index contributed by atoms with van der Waals surface area (Å²) in [5, 5.41) is 14.9. The third-order valence-corrected chi connectivity index (χ3v) is 13.3. The van der Waals surface area contributed by atoms with Gasteiger partial charge in [0.2, 0.25) is 0 Å². The Hall–Kier alpha value is -5.97. The number of benzene rings is 4. The lowest BCUT2D eigenvalue weighted by atomic mass is 9.61. The van der Waals surface area contributed by atoms with Crippen LogP contribution in [0.4, 0.5) is 10.2 Å². The number of nitrogens with one attached hydrogen (secondary N) is 1. The zero-order valence-electron chi connectivity index (χ0n) is 30.6. The van der Waals surface area contributed by atoms with Crippen LogP contribution in [0.15, 0.2) is 134 Å². The standard InChI is InChI=1S/C46H36ClFN6O2S/c47-36-25-49-44-40(50-36)33(26-54(44)46(30-13-4-1-5-14-30,31-15-6-2-7-16-31)32-17-8-3-9-18-32)42-52-41(35-24-29-12-10-11-19-34(29)57-35)38(48)43(53-42)51-39-28-22-20-27(21-23-28)37(39)45(55)56/h1-19,24-28,37,39H,20-23H2,(H,55,56)(H,51,52,53). The summed E-state index contributed by atoms with van der Waals surface area (Å²) in [5.41, 5.74) is 3.54. The number of hydrogen-bond donors (Lipinski definition) is 2. The molecule has 3 aliphatic rings. The minimum absolute atomic E-state index is 0.0221. The molecule has 4 aromatic carbocycles. The first-order chi connectivity index (χ1) is 27.9. The van der Waals surface area contributed by atoms with E-state index in [-0.39, 0.29) is 34.3 Å². The maximum absolute atomic E-state index is 17.2. The molecule has 0 saturated heterocycles. The number of thiophene rings is 1. The van der Waals surface area contributed by atoms with Crippen LogP contribution in [0.1, 0.15) is 42.4 Å². The van der Waals surface area contributed by atoms with E-state index in [2.05, 4.69) is 46.3 Å². The first kappa shape index (κ1) is 35.4. The first-order valence-corrected chi connectivity index (χ1v) is 20.4. The fraction of sp³-hybridized carbons (Fsp3) is 0.196. The van der Waals surface area contributed by atoms with Gasteiger partial charge in [-0.1, -0.05) is 121 Å². The van der Waals surface area contributed by atoms with Gasteiger partial charge in [-0.2, -0.15) is 0 Å².